The Balaban J connectivity index is 1.42. The normalized spacial score (nSPS) is 14.5. The summed E-state index contributed by atoms with van der Waals surface area (Å²) in [6.07, 6.45) is 0.478. The van der Waals surface area contributed by atoms with Gasteiger partial charge in [-0.2, -0.15) is 0 Å². The molecule has 3 aromatic rings. The van der Waals surface area contributed by atoms with E-state index in [0.29, 0.717) is 6.42 Å². The van der Waals surface area contributed by atoms with E-state index >= 15 is 0 Å². The predicted octanol–water partition coefficient (Wildman–Crippen LogP) is 3.81. The van der Waals surface area contributed by atoms with Crippen LogP contribution in [0.1, 0.15) is 16.7 Å². The SMILES string of the molecule is COc1cccc2sc(N3CCN(C(=O)Cc4cc(C)ccc4C)CC3)nc12. The number of carbonyl (C=O) groups is 1. The average Bonchev–Trinajstić information content (AvgIpc) is 3.15. The number of hydrogen-bond donors (Lipinski definition) is 0. The third-order valence-corrected chi connectivity index (χ3v) is 6.42. The Bertz CT molecular complexity index is 1010. The van der Waals surface area contributed by atoms with Crippen molar-refractivity contribution in [3.63, 3.8) is 0 Å². The van der Waals surface area contributed by atoms with Gasteiger partial charge in [-0.05, 0) is 37.1 Å². The number of anilines is 1. The Morgan fingerprint density at radius 2 is 1.93 bits per heavy atom. The molecule has 6 heteroatoms. The second-order valence-corrected chi connectivity index (χ2v) is 8.29. The van der Waals surface area contributed by atoms with Gasteiger partial charge < -0.3 is 14.5 Å². The van der Waals surface area contributed by atoms with Crippen LogP contribution in [0.15, 0.2) is 36.4 Å². The summed E-state index contributed by atoms with van der Waals surface area (Å²) in [5, 5.41) is 1.00. The fraction of sp³-hybridized carbons (Fsp3) is 0.364. The standard InChI is InChI=1S/C22H25N3O2S/c1-15-7-8-16(2)17(13-15)14-20(26)24-9-11-25(12-10-24)22-23-21-18(27-3)5-4-6-19(21)28-22/h4-8,13H,9-12,14H2,1-3H3. The lowest BCUT2D eigenvalue weighted by atomic mass is 10.0. The van der Waals surface area contributed by atoms with E-state index in [1.165, 1.54) is 11.1 Å². The topological polar surface area (TPSA) is 45.7 Å². The van der Waals surface area contributed by atoms with Crippen molar-refractivity contribution in [2.24, 2.45) is 0 Å². The van der Waals surface area contributed by atoms with Gasteiger partial charge in [-0.15, -0.1) is 0 Å². The first-order valence-electron chi connectivity index (χ1n) is 9.57. The number of aryl methyl sites for hydroxylation is 2. The van der Waals surface area contributed by atoms with Gasteiger partial charge in [-0.3, -0.25) is 4.79 Å². The summed E-state index contributed by atoms with van der Waals surface area (Å²) >= 11 is 1.68. The molecule has 2 heterocycles. The molecular weight excluding hydrogens is 370 g/mol. The number of nitrogens with zero attached hydrogens (tertiary/aromatic N) is 3. The van der Waals surface area contributed by atoms with Crippen molar-refractivity contribution < 1.29 is 9.53 Å². The van der Waals surface area contributed by atoms with Crippen molar-refractivity contribution in [1.82, 2.24) is 9.88 Å². The maximum Gasteiger partial charge on any atom is 0.227 e. The average molecular weight is 396 g/mol. The summed E-state index contributed by atoms with van der Waals surface area (Å²) in [5.74, 6) is 1.02. The molecule has 1 saturated heterocycles. The zero-order valence-corrected chi connectivity index (χ0v) is 17.4. The monoisotopic (exact) mass is 395 g/mol. The summed E-state index contributed by atoms with van der Waals surface area (Å²) in [6.45, 7) is 7.22. The zero-order chi connectivity index (χ0) is 19.7. The number of piperazine rings is 1. The lowest BCUT2D eigenvalue weighted by Gasteiger charge is -2.34. The van der Waals surface area contributed by atoms with E-state index in [4.69, 9.17) is 9.72 Å². The summed E-state index contributed by atoms with van der Waals surface area (Å²) < 4.78 is 6.55. The smallest absolute Gasteiger partial charge is 0.227 e. The quantitative estimate of drug-likeness (QED) is 0.674. The zero-order valence-electron chi connectivity index (χ0n) is 16.6. The van der Waals surface area contributed by atoms with Gasteiger partial charge in [0.1, 0.15) is 11.3 Å². The molecule has 1 aliphatic rings. The van der Waals surface area contributed by atoms with Crippen molar-refractivity contribution in [2.75, 3.05) is 38.2 Å². The molecule has 0 atom stereocenters. The first-order chi connectivity index (χ1) is 13.5. The summed E-state index contributed by atoms with van der Waals surface area (Å²) in [4.78, 5) is 21.8. The molecule has 1 amide bonds. The van der Waals surface area contributed by atoms with Crippen LogP contribution in [0.25, 0.3) is 10.2 Å². The second kappa shape index (κ2) is 7.80. The van der Waals surface area contributed by atoms with Crippen LogP contribution in [-0.2, 0) is 11.2 Å². The van der Waals surface area contributed by atoms with Crippen molar-refractivity contribution >= 4 is 32.6 Å². The van der Waals surface area contributed by atoms with Crippen molar-refractivity contribution in [2.45, 2.75) is 20.3 Å². The number of benzene rings is 2. The lowest BCUT2D eigenvalue weighted by Crippen LogP contribution is -2.49. The number of methoxy groups -OCH3 is 1. The van der Waals surface area contributed by atoms with Crippen LogP contribution >= 0.6 is 11.3 Å². The molecule has 146 valence electrons. The molecule has 28 heavy (non-hydrogen) atoms. The van der Waals surface area contributed by atoms with Gasteiger partial charge in [-0.25, -0.2) is 4.98 Å². The number of thiazole rings is 1. The molecule has 1 fully saturated rings. The molecule has 0 radical (unpaired) electrons. The minimum Gasteiger partial charge on any atom is -0.494 e. The van der Waals surface area contributed by atoms with Gasteiger partial charge in [0.15, 0.2) is 5.13 Å². The van der Waals surface area contributed by atoms with E-state index < -0.39 is 0 Å². The van der Waals surface area contributed by atoms with Crippen LogP contribution in [-0.4, -0.2) is 49.1 Å². The number of fused-ring (bicyclic) bond motifs is 1. The van der Waals surface area contributed by atoms with Gasteiger partial charge in [0.2, 0.25) is 5.91 Å². The van der Waals surface area contributed by atoms with E-state index in [9.17, 15) is 4.79 Å². The molecule has 0 saturated carbocycles. The number of para-hydroxylation sites is 1. The summed E-state index contributed by atoms with van der Waals surface area (Å²) in [6, 6.07) is 12.3. The molecule has 0 spiro atoms. The van der Waals surface area contributed by atoms with Gasteiger partial charge in [0, 0.05) is 26.2 Å². The third-order valence-electron chi connectivity index (χ3n) is 5.34. The van der Waals surface area contributed by atoms with Crippen LogP contribution in [0.5, 0.6) is 5.75 Å². The molecule has 5 nitrogen and oxygen atoms in total. The van der Waals surface area contributed by atoms with E-state index in [0.717, 1.165) is 52.8 Å². The fourth-order valence-corrected chi connectivity index (χ4v) is 4.66. The Labute approximate surface area is 169 Å². The Morgan fingerprint density at radius 3 is 2.68 bits per heavy atom. The lowest BCUT2D eigenvalue weighted by molar-refractivity contribution is -0.130. The molecule has 0 bridgehead atoms. The van der Waals surface area contributed by atoms with E-state index in [1.807, 2.05) is 17.0 Å². The Hall–Kier alpha value is -2.60. The molecule has 2 aromatic carbocycles. The number of amides is 1. The number of hydrogen-bond acceptors (Lipinski definition) is 5. The van der Waals surface area contributed by atoms with Gasteiger partial charge >= 0.3 is 0 Å². The summed E-state index contributed by atoms with van der Waals surface area (Å²) in [5.41, 5.74) is 4.43. The maximum atomic E-state index is 12.8. The van der Waals surface area contributed by atoms with Crippen molar-refractivity contribution in [1.29, 1.82) is 0 Å². The van der Waals surface area contributed by atoms with Crippen molar-refractivity contribution in [3.8, 4) is 5.75 Å². The van der Waals surface area contributed by atoms with Crippen LogP contribution < -0.4 is 9.64 Å². The van der Waals surface area contributed by atoms with Crippen LogP contribution in [0.3, 0.4) is 0 Å². The number of ether oxygens (including phenoxy) is 1. The third kappa shape index (κ3) is 3.69. The fourth-order valence-electron chi connectivity index (χ4n) is 3.62. The molecule has 0 N–H and O–H groups in total. The number of aromatic nitrogens is 1. The van der Waals surface area contributed by atoms with Crippen LogP contribution in [0, 0.1) is 13.8 Å². The molecule has 0 unspecified atom stereocenters. The van der Waals surface area contributed by atoms with E-state index in [2.05, 4.69) is 43.0 Å². The Kier molecular flexibility index (Phi) is 5.22. The highest BCUT2D eigenvalue weighted by molar-refractivity contribution is 7.22. The van der Waals surface area contributed by atoms with Crippen LogP contribution in [0.4, 0.5) is 5.13 Å². The number of carbonyl (C=O) groups excluding carboxylic acids is 1. The largest absolute Gasteiger partial charge is 0.494 e. The molecular formula is C22H25N3O2S. The van der Waals surface area contributed by atoms with Gasteiger partial charge in [0.25, 0.3) is 0 Å². The minimum atomic E-state index is 0.208. The molecule has 0 aliphatic carbocycles. The second-order valence-electron chi connectivity index (χ2n) is 7.28. The van der Waals surface area contributed by atoms with E-state index in [1.54, 1.807) is 18.4 Å². The number of rotatable bonds is 4. The Morgan fingerprint density at radius 1 is 1.14 bits per heavy atom. The summed E-state index contributed by atoms with van der Waals surface area (Å²) in [7, 11) is 1.67. The van der Waals surface area contributed by atoms with Crippen molar-refractivity contribution in [3.05, 3.63) is 53.1 Å². The maximum absolute atomic E-state index is 12.8. The highest BCUT2D eigenvalue weighted by Crippen LogP contribution is 2.34. The highest BCUT2D eigenvalue weighted by atomic mass is 32.1. The first kappa shape index (κ1) is 18.7. The predicted molar refractivity (Wildman–Crippen MR) is 115 cm³/mol. The first-order valence-corrected chi connectivity index (χ1v) is 10.4. The van der Waals surface area contributed by atoms with Gasteiger partial charge in [-0.1, -0.05) is 41.2 Å². The minimum absolute atomic E-state index is 0.208. The van der Waals surface area contributed by atoms with Gasteiger partial charge in [0.05, 0.1) is 18.2 Å². The van der Waals surface area contributed by atoms with Crippen LogP contribution in [0.2, 0.25) is 0 Å². The van der Waals surface area contributed by atoms with E-state index in [-0.39, 0.29) is 5.91 Å². The molecule has 4 rings (SSSR count). The molecule has 1 aromatic heterocycles. The molecule has 1 aliphatic heterocycles. The highest BCUT2D eigenvalue weighted by Gasteiger charge is 2.24.